The highest BCUT2D eigenvalue weighted by atomic mass is 16.3. The fourth-order valence-corrected chi connectivity index (χ4v) is 8.72. The van der Waals surface area contributed by atoms with Crippen LogP contribution in [0.4, 0.5) is 17.1 Å². The molecule has 0 unspecified atom stereocenters. The topological polar surface area (TPSA) is 16.4 Å². The zero-order chi connectivity index (χ0) is 37.0. The number of anilines is 3. The van der Waals surface area contributed by atoms with Crippen LogP contribution < -0.4 is 4.90 Å². The van der Waals surface area contributed by atoms with E-state index in [0.29, 0.717) is 0 Å². The molecule has 0 bridgehead atoms. The molecule has 0 radical (unpaired) electrons. The Hall–Kier alpha value is -7.42. The summed E-state index contributed by atoms with van der Waals surface area (Å²) in [5.41, 5.74) is 12.2. The molecule has 0 aliphatic carbocycles. The van der Waals surface area contributed by atoms with E-state index in [9.17, 15) is 0 Å². The molecule has 0 atom stereocenters. The normalized spacial score (nSPS) is 11.6. The first kappa shape index (κ1) is 32.0. The highest BCUT2D eigenvalue weighted by Gasteiger charge is 2.23. The Morgan fingerprint density at radius 1 is 0.321 bits per heavy atom. The third kappa shape index (κ3) is 5.19. The molecular formula is C54H35NO. The minimum absolute atomic E-state index is 0.875. The molecule has 2 nitrogen and oxygen atoms in total. The lowest BCUT2D eigenvalue weighted by atomic mass is 9.85. The molecule has 0 saturated heterocycles. The van der Waals surface area contributed by atoms with Crippen LogP contribution in [-0.2, 0) is 0 Å². The highest BCUT2D eigenvalue weighted by molar-refractivity contribution is 6.22. The second-order valence-electron chi connectivity index (χ2n) is 14.4. The molecule has 2 heteroatoms. The third-order valence-electron chi connectivity index (χ3n) is 11.2. The number of rotatable bonds is 6. The van der Waals surface area contributed by atoms with Crippen LogP contribution in [0, 0.1) is 0 Å². The minimum Gasteiger partial charge on any atom is -0.455 e. The molecule has 1 heterocycles. The summed E-state index contributed by atoms with van der Waals surface area (Å²) in [5.74, 6) is 0. The van der Waals surface area contributed by atoms with Gasteiger partial charge in [-0.05, 0) is 97.2 Å². The molecule has 0 fully saturated rings. The Labute approximate surface area is 325 Å². The summed E-state index contributed by atoms with van der Waals surface area (Å²) in [6, 6.07) is 76.5. The van der Waals surface area contributed by atoms with Crippen LogP contribution in [0.2, 0.25) is 0 Å². The maximum Gasteiger partial charge on any atom is 0.143 e. The van der Waals surface area contributed by atoms with Crippen LogP contribution in [0.1, 0.15) is 0 Å². The molecular weight excluding hydrogens is 679 g/mol. The van der Waals surface area contributed by atoms with Crippen LogP contribution in [0.25, 0.3) is 87.6 Å². The van der Waals surface area contributed by atoms with Gasteiger partial charge in [-0.3, -0.25) is 0 Å². The highest BCUT2D eigenvalue weighted by Crippen LogP contribution is 2.48. The van der Waals surface area contributed by atoms with E-state index in [0.717, 1.165) is 55.5 Å². The second-order valence-corrected chi connectivity index (χ2v) is 14.4. The minimum atomic E-state index is 0.875. The summed E-state index contributed by atoms with van der Waals surface area (Å²) in [5, 5.41) is 9.41. The van der Waals surface area contributed by atoms with Gasteiger partial charge in [-0.1, -0.05) is 170 Å². The number of fused-ring (bicyclic) bond motifs is 8. The summed E-state index contributed by atoms with van der Waals surface area (Å²) in [4.78, 5) is 2.42. The van der Waals surface area contributed by atoms with E-state index < -0.39 is 0 Å². The van der Waals surface area contributed by atoms with Crippen LogP contribution >= 0.6 is 0 Å². The van der Waals surface area contributed by atoms with Crippen molar-refractivity contribution in [2.75, 3.05) is 4.90 Å². The number of para-hydroxylation sites is 1. The van der Waals surface area contributed by atoms with E-state index in [1.165, 1.54) is 49.2 Å². The van der Waals surface area contributed by atoms with Gasteiger partial charge < -0.3 is 9.32 Å². The number of hydrogen-bond acceptors (Lipinski definition) is 2. The van der Waals surface area contributed by atoms with E-state index in [-0.39, 0.29) is 0 Å². The molecule has 0 aliphatic heterocycles. The van der Waals surface area contributed by atoms with Gasteiger partial charge in [0.2, 0.25) is 0 Å². The Bertz CT molecular complexity index is 3240. The van der Waals surface area contributed by atoms with E-state index in [2.05, 4.69) is 217 Å². The molecule has 0 saturated carbocycles. The van der Waals surface area contributed by atoms with Crippen molar-refractivity contribution in [3.8, 4) is 33.4 Å². The second kappa shape index (κ2) is 13.2. The zero-order valence-corrected chi connectivity index (χ0v) is 30.6. The van der Waals surface area contributed by atoms with E-state index >= 15 is 0 Å². The first-order chi connectivity index (χ1) is 27.8. The van der Waals surface area contributed by atoms with Gasteiger partial charge in [-0.15, -0.1) is 0 Å². The van der Waals surface area contributed by atoms with Gasteiger partial charge in [-0.2, -0.15) is 0 Å². The van der Waals surface area contributed by atoms with Gasteiger partial charge in [0.05, 0.1) is 5.69 Å². The Morgan fingerprint density at radius 3 is 1.57 bits per heavy atom. The summed E-state index contributed by atoms with van der Waals surface area (Å²) >= 11 is 0. The number of benzene rings is 10. The van der Waals surface area contributed by atoms with Crippen molar-refractivity contribution in [2.24, 2.45) is 0 Å². The molecule has 0 amide bonds. The number of hydrogen-bond donors (Lipinski definition) is 0. The van der Waals surface area contributed by atoms with E-state index in [1.54, 1.807) is 0 Å². The first-order valence-electron chi connectivity index (χ1n) is 19.2. The van der Waals surface area contributed by atoms with Crippen molar-refractivity contribution in [3.05, 3.63) is 212 Å². The zero-order valence-electron chi connectivity index (χ0n) is 30.6. The van der Waals surface area contributed by atoms with Crippen molar-refractivity contribution < 1.29 is 4.42 Å². The summed E-state index contributed by atoms with van der Waals surface area (Å²) in [7, 11) is 0. The molecule has 56 heavy (non-hydrogen) atoms. The lowest BCUT2D eigenvalue weighted by Gasteiger charge is -2.29. The molecule has 11 rings (SSSR count). The van der Waals surface area contributed by atoms with Gasteiger partial charge in [-0.25, -0.2) is 0 Å². The molecule has 262 valence electrons. The molecule has 0 spiro atoms. The van der Waals surface area contributed by atoms with Gasteiger partial charge in [0.15, 0.2) is 0 Å². The van der Waals surface area contributed by atoms with Crippen LogP contribution in [0.3, 0.4) is 0 Å². The number of nitrogens with zero attached hydrogens (tertiary/aromatic N) is 1. The fourth-order valence-electron chi connectivity index (χ4n) is 8.72. The van der Waals surface area contributed by atoms with Gasteiger partial charge in [0.1, 0.15) is 11.2 Å². The predicted octanol–water partition coefficient (Wildman–Crippen LogP) is 15.5. The summed E-state index contributed by atoms with van der Waals surface area (Å²) in [6.07, 6.45) is 0. The lowest BCUT2D eigenvalue weighted by Crippen LogP contribution is -2.11. The smallest absolute Gasteiger partial charge is 0.143 e. The van der Waals surface area contributed by atoms with E-state index in [4.69, 9.17) is 4.42 Å². The quantitative estimate of drug-likeness (QED) is 0.160. The number of furan rings is 1. The Morgan fingerprint density at radius 2 is 0.839 bits per heavy atom. The average molecular weight is 714 g/mol. The first-order valence-corrected chi connectivity index (χ1v) is 19.2. The molecule has 11 aromatic rings. The Balaban J connectivity index is 1.23. The van der Waals surface area contributed by atoms with Gasteiger partial charge in [0, 0.05) is 33.1 Å². The van der Waals surface area contributed by atoms with Crippen LogP contribution in [0.5, 0.6) is 0 Å². The maximum absolute atomic E-state index is 6.60. The third-order valence-corrected chi connectivity index (χ3v) is 11.2. The van der Waals surface area contributed by atoms with Crippen molar-refractivity contribution in [1.82, 2.24) is 0 Å². The molecule has 0 aliphatic rings. The SMILES string of the molecule is c1ccc(-c2ccccc2N(c2ccc3c(c2)c(-c2ccccc2)c(-c2ccccc2)c2ccccc23)c2ccc3oc4c5ccccc5ccc4c3c2)cc1. The van der Waals surface area contributed by atoms with Crippen LogP contribution in [-0.4, -0.2) is 0 Å². The maximum atomic E-state index is 6.60. The van der Waals surface area contributed by atoms with Crippen molar-refractivity contribution >= 4 is 71.3 Å². The largest absolute Gasteiger partial charge is 0.455 e. The lowest BCUT2D eigenvalue weighted by molar-refractivity contribution is 0.672. The van der Waals surface area contributed by atoms with E-state index in [1.807, 2.05) is 0 Å². The fraction of sp³-hybridized carbons (Fsp3) is 0. The van der Waals surface area contributed by atoms with Crippen LogP contribution in [0.15, 0.2) is 217 Å². The van der Waals surface area contributed by atoms with Gasteiger partial charge in [0.25, 0.3) is 0 Å². The van der Waals surface area contributed by atoms with Crippen molar-refractivity contribution in [1.29, 1.82) is 0 Å². The van der Waals surface area contributed by atoms with Gasteiger partial charge >= 0.3 is 0 Å². The Kier molecular flexibility index (Phi) is 7.53. The molecule has 1 aromatic heterocycles. The molecule has 0 N–H and O–H groups in total. The monoisotopic (exact) mass is 713 g/mol. The standard InChI is InChI=1S/C54H35NO/c1-4-16-36(17-5-1)42-23-14-15-27-50(42)55(41-30-33-51-48(34-41)47-31-28-37-18-10-11-24-43(37)54(47)56-51)40-29-32-45-44-25-12-13-26-46(44)52(38-19-6-2-7-20-38)53(49(45)35-40)39-21-8-3-9-22-39/h1-35H. The average Bonchev–Trinajstić information content (AvgIpc) is 3.66. The predicted molar refractivity (Wildman–Crippen MR) is 237 cm³/mol. The summed E-state index contributed by atoms with van der Waals surface area (Å²) in [6.45, 7) is 0. The molecule has 10 aromatic carbocycles. The summed E-state index contributed by atoms with van der Waals surface area (Å²) < 4.78 is 6.60. The van der Waals surface area contributed by atoms with Crippen molar-refractivity contribution in [2.45, 2.75) is 0 Å². The van der Waals surface area contributed by atoms with Crippen molar-refractivity contribution in [3.63, 3.8) is 0 Å².